The molecule has 0 atom stereocenters. The fraction of sp³-hybridized carbons (Fsp3) is 0.0353. The summed E-state index contributed by atoms with van der Waals surface area (Å²) in [5.74, 6) is 0. The highest BCUT2D eigenvalue weighted by molar-refractivity contribution is 6.18. The van der Waals surface area contributed by atoms with Gasteiger partial charge >= 0.3 is 0 Å². The first-order valence-electron chi connectivity index (χ1n) is 31.7. The van der Waals surface area contributed by atoms with Crippen LogP contribution in [0.25, 0.3) is 189 Å². The highest BCUT2D eigenvalue weighted by atomic mass is 16.3. The van der Waals surface area contributed by atoms with Gasteiger partial charge in [-0.1, -0.05) is 135 Å². The topological polar surface area (TPSA) is 140 Å². The maximum Gasteiger partial charge on any atom is 0.143 e. The van der Waals surface area contributed by atoms with Gasteiger partial charge in [0, 0.05) is 89.3 Å². The number of nitrogens with zero attached hydrogens (tertiary/aromatic N) is 8. The van der Waals surface area contributed by atoms with Gasteiger partial charge in [-0.15, -0.1) is 0 Å². The largest absolute Gasteiger partial charge is 0.456 e. The Morgan fingerprint density at radius 2 is 0.874 bits per heavy atom. The first kappa shape index (κ1) is 53.9. The molecule has 442 valence electrons. The summed E-state index contributed by atoms with van der Waals surface area (Å²) in [4.78, 5) is 35.9. The monoisotopic (exact) mass is 1210 g/mol. The Morgan fingerprint density at radius 1 is 0.316 bits per heavy atom. The van der Waals surface area contributed by atoms with E-state index in [2.05, 4.69) is 190 Å². The van der Waals surface area contributed by atoms with Crippen molar-refractivity contribution in [2.24, 2.45) is 0 Å². The molecule has 0 N–H and O–H groups in total. The molecule has 0 amide bonds. The lowest BCUT2D eigenvalue weighted by molar-refractivity contribution is 0.660. The summed E-state index contributed by atoms with van der Waals surface area (Å²) in [6.07, 6.45) is 5.48. The molecule has 19 rings (SSSR count). The van der Waals surface area contributed by atoms with Crippen LogP contribution >= 0.6 is 0 Å². The minimum atomic E-state index is -0.351. The van der Waals surface area contributed by atoms with Crippen LogP contribution in [0.2, 0.25) is 0 Å². The van der Waals surface area contributed by atoms with Crippen LogP contribution in [0.15, 0.2) is 276 Å². The van der Waals surface area contributed by atoms with Gasteiger partial charge < -0.3 is 8.83 Å². The summed E-state index contributed by atoms with van der Waals surface area (Å²) in [5.41, 5.74) is 25.5. The molecule has 9 heterocycles. The minimum absolute atomic E-state index is 0.351. The second-order valence-electron chi connectivity index (χ2n) is 25.1. The van der Waals surface area contributed by atoms with Gasteiger partial charge in [0.15, 0.2) is 0 Å². The van der Waals surface area contributed by atoms with Crippen molar-refractivity contribution in [2.45, 2.75) is 19.3 Å². The smallest absolute Gasteiger partial charge is 0.143 e. The van der Waals surface area contributed by atoms with Crippen molar-refractivity contribution in [1.29, 1.82) is 5.26 Å². The number of fused-ring (bicyclic) bond motifs is 15. The fourth-order valence-corrected chi connectivity index (χ4v) is 14.5. The molecule has 0 bridgehead atoms. The summed E-state index contributed by atoms with van der Waals surface area (Å²) >= 11 is 0. The molecule has 95 heavy (non-hydrogen) atoms. The first-order chi connectivity index (χ1) is 46.7. The van der Waals surface area contributed by atoms with Gasteiger partial charge in [-0.05, 0) is 177 Å². The van der Waals surface area contributed by atoms with Gasteiger partial charge in [0.1, 0.15) is 22.3 Å². The number of rotatable bonds is 8. The van der Waals surface area contributed by atoms with Crippen LogP contribution in [-0.2, 0) is 5.41 Å². The SMILES string of the molecule is CC1(C)c2cc(C#N)ccc2-c2ccc(-c3ccc(-c4ccnc(-c5cc(-c6cccc7oc8ccc(-c9ccc%10ccc%11ccc(-c%12ccccc%12)nc%11c%10n9)cc8c67)cc(-c6ccccn6)n5)c4)c4oc5ccc(-c6ccc7ccc8cccnc8c7n6)cc5c34)cc21. The van der Waals surface area contributed by atoms with Crippen molar-refractivity contribution in [2.75, 3.05) is 0 Å². The lowest BCUT2D eigenvalue weighted by Gasteiger charge is -2.22. The van der Waals surface area contributed by atoms with Gasteiger partial charge in [0.25, 0.3) is 0 Å². The van der Waals surface area contributed by atoms with Crippen LogP contribution in [0.1, 0.15) is 30.5 Å². The van der Waals surface area contributed by atoms with Crippen LogP contribution in [-0.4, -0.2) is 34.9 Å². The van der Waals surface area contributed by atoms with Crippen LogP contribution in [0.4, 0.5) is 0 Å². The summed E-state index contributed by atoms with van der Waals surface area (Å²) in [5, 5.41) is 17.9. The Hall–Kier alpha value is -12.8. The molecule has 0 unspecified atom stereocenters. The third kappa shape index (κ3) is 8.67. The highest BCUT2D eigenvalue weighted by Crippen LogP contribution is 2.52. The van der Waals surface area contributed by atoms with Gasteiger partial charge in [0.2, 0.25) is 0 Å². The van der Waals surface area contributed by atoms with Crippen LogP contribution < -0.4 is 0 Å². The molecule has 0 fully saturated rings. The zero-order valence-electron chi connectivity index (χ0n) is 51.3. The summed E-state index contributed by atoms with van der Waals surface area (Å²) in [6.45, 7) is 4.50. The zero-order chi connectivity index (χ0) is 63.0. The molecule has 9 aromatic heterocycles. The van der Waals surface area contributed by atoms with E-state index in [1.807, 2.05) is 91.3 Å². The average molecular weight is 1220 g/mol. The van der Waals surface area contributed by atoms with Crippen molar-refractivity contribution >= 4 is 87.5 Å². The maximum atomic E-state index is 9.95. The summed E-state index contributed by atoms with van der Waals surface area (Å²) in [6, 6.07) is 88.2. The van der Waals surface area contributed by atoms with E-state index in [4.69, 9.17) is 43.7 Å². The molecule has 18 aromatic rings. The van der Waals surface area contributed by atoms with Gasteiger partial charge in [-0.25, -0.2) is 19.9 Å². The molecule has 0 saturated carbocycles. The quantitative estimate of drug-likeness (QED) is 0.135. The van der Waals surface area contributed by atoms with Crippen molar-refractivity contribution in [3.8, 4) is 107 Å². The average Bonchev–Trinajstić information content (AvgIpc) is 1.60. The van der Waals surface area contributed by atoms with E-state index < -0.39 is 0 Å². The van der Waals surface area contributed by atoms with Crippen LogP contribution in [0, 0.1) is 11.3 Å². The number of hydrogen-bond acceptors (Lipinski definition) is 10. The van der Waals surface area contributed by atoms with E-state index in [0.29, 0.717) is 22.6 Å². The first-order valence-corrected chi connectivity index (χ1v) is 31.7. The maximum absolute atomic E-state index is 9.95. The highest BCUT2D eigenvalue weighted by Gasteiger charge is 2.36. The third-order valence-corrected chi connectivity index (χ3v) is 19.2. The number of aromatic nitrogens is 7. The molecular formula is C85H50N8O2. The van der Waals surface area contributed by atoms with Gasteiger partial charge in [0.05, 0.1) is 73.6 Å². The predicted octanol–water partition coefficient (Wildman–Crippen LogP) is 21.4. The van der Waals surface area contributed by atoms with E-state index in [1.54, 1.807) is 6.20 Å². The zero-order valence-corrected chi connectivity index (χ0v) is 51.3. The number of nitriles is 1. The molecule has 0 spiro atoms. The number of hydrogen-bond donors (Lipinski definition) is 0. The molecule has 0 radical (unpaired) electrons. The normalized spacial score (nSPS) is 12.6. The standard InChI is InChI=1S/C85H50N8O2/c1-85(2)66-40-48(47-86)16-27-62(66)63-28-21-54(43-67(63)85)60-29-30-61(84-79(60)65-42-57(26-35-76(65)95-84)69-32-23-51-18-17-50-12-9-38-89-80(50)81(51)92-69)55-36-39-88-72(44-55)74-46-58(45-73(90-74)71-14-6-7-37-87-71)59-13-8-15-77-78(59)64-41-56(25-34-75(64)94-77)70-33-24-53-20-19-52-22-31-68(49-10-4-3-5-11-49)91-82(52)83(53)93-70/h3-46H,1-2H3. The van der Waals surface area contributed by atoms with Crippen LogP contribution in [0.3, 0.4) is 0 Å². The van der Waals surface area contributed by atoms with Crippen molar-refractivity contribution in [3.63, 3.8) is 0 Å². The molecule has 10 heteroatoms. The van der Waals surface area contributed by atoms with E-state index >= 15 is 0 Å². The molecule has 0 saturated heterocycles. The fourth-order valence-electron chi connectivity index (χ4n) is 14.5. The second-order valence-corrected chi connectivity index (χ2v) is 25.1. The number of furan rings is 2. The molecule has 10 nitrogen and oxygen atoms in total. The Balaban J connectivity index is 0.754. The van der Waals surface area contributed by atoms with Crippen LogP contribution in [0.5, 0.6) is 0 Å². The number of pyridine rings is 7. The molecule has 0 aliphatic heterocycles. The number of benzene rings is 9. The lowest BCUT2D eigenvalue weighted by Crippen LogP contribution is -2.15. The molecule has 9 aromatic carbocycles. The Kier molecular flexibility index (Phi) is 11.8. The molecule has 1 aliphatic rings. The predicted molar refractivity (Wildman–Crippen MR) is 381 cm³/mol. The van der Waals surface area contributed by atoms with E-state index in [9.17, 15) is 5.26 Å². The Bertz CT molecular complexity index is 6340. The summed E-state index contributed by atoms with van der Waals surface area (Å²) < 4.78 is 13.9. The van der Waals surface area contributed by atoms with E-state index in [-0.39, 0.29) is 5.41 Å². The third-order valence-electron chi connectivity index (χ3n) is 19.2. The second kappa shape index (κ2) is 20.8. The lowest BCUT2D eigenvalue weighted by atomic mass is 9.81. The van der Waals surface area contributed by atoms with E-state index in [1.165, 1.54) is 11.1 Å². The van der Waals surface area contributed by atoms with E-state index in [0.717, 1.165) is 171 Å². The van der Waals surface area contributed by atoms with Gasteiger partial charge in [-0.3, -0.25) is 15.0 Å². The van der Waals surface area contributed by atoms with Crippen molar-refractivity contribution in [1.82, 2.24) is 34.9 Å². The Morgan fingerprint density at radius 3 is 1.59 bits per heavy atom. The molecular weight excluding hydrogens is 1160 g/mol. The Labute approximate surface area is 543 Å². The van der Waals surface area contributed by atoms with Crippen molar-refractivity contribution in [3.05, 3.63) is 284 Å². The van der Waals surface area contributed by atoms with Crippen molar-refractivity contribution < 1.29 is 8.83 Å². The van der Waals surface area contributed by atoms with Gasteiger partial charge in [-0.2, -0.15) is 5.26 Å². The molecule has 1 aliphatic carbocycles. The summed E-state index contributed by atoms with van der Waals surface area (Å²) in [7, 11) is 0. The minimum Gasteiger partial charge on any atom is -0.456 e.